The monoisotopic (exact) mass is 351 g/mol. The van der Waals surface area contributed by atoms with Crippen LogP contribution in [0.3, 0.4) is 0 Å². The number of benzene rings is 1. The number of para-hydroxylation sites is 1. The molecule has 1 aromatic carbocycles. The molecule has 26 heavy (non-hydrogen) atoms. The Morgan fingerprint density at radius 2 is 1.92 bits per heavy atom. The Hall–Kier alpha value is -2.44. The van der Waals surface area contributed by atoms with Crippen LogP contribution in [0.15, 0.2) is 42.6 Å². The number of nitrogens with one attached hydrogen (secondary N) is 1. The molecule has 2 aliphatic heterocycles. The van der Waals surface area contributed by atoms with Crippen molar-refractivity contribution >= 4 is 17.4 Å². The number of carbonyl (C=O) groups is 1. The highest BCUT2D eigenvalue weighted by atomic mass is 16.2. The smallest absolute Gasteiger partial charge is 0.265 e. The van der Waals surface area contributed by atoms with Gasteiger partial charge in [-0.05, 0) is 44.2 Å². The number of fused-ring (bicyclic) bond motifs is 1. The molecule has 1 aromatic heterocycles. The van der Waals surface area contributed by atoms with Crippen LogP contribution in [0.2, 0.25) is 0 Å². The van der Waals surface area contributed by atoms with E-state index in [0.717, 1.165) is 38.4 Å². The van der Waals surface area contributed by atoms with Gasteiger partial charge in [0.1, 0.15) is 5.82 Å². The molecule has 0 saturated carbocycles. The minimum Gasteiger partial charge on any atom is -0.323 e. The van der Waals surface area contributed by atoms with Crippen molar-refractivity contribution in [2.45, 2.75) is 19.4 Å². The first-order chi connectivity index (χ1) is 12.6. The molecule has 0 bridgehead atoms. The number of rotatable bonds is 3. The van der Waals surface area contributed by atoms with Crippen molar-refractivity contribution in [1.29, 1.82) is 0 Å². The maximum absolute atomic E-state index is 12.7. The van der Waals surface area contributed by atoms with Crippen molar-refractivity contribution in [3.63, 3.8) is 0 Å². The molecule has 1 N–H and O–H groups in total. The van der Waals surface area contributed by atoms with E-state index in [2.05, 4.69) is 52.4 Å². The summed E-state index contributed by atoms with van der Waals surface area (Å²) in [7, 11) is 2.10. The third-order valence-electron chi connectivity index (χ3n) is 5.22. The number of aromatic nitrogens is 1. The summed E-state index contributed by atoms with van der Waals surface area (Å²) in [6.07, 6.45) is 2.72. The molecule has 1 saturated heterocycles. The van der Waals surface area contributed by atoms with Crippen molar-refractivity contribution in [2.75, 3.05) is 38.1 Å². The standard InChI is InChI=1S/C20H25N5O/c1-15-13-16-5-3-4-6-18(16)25(15)19-14-17(7-8-21-19)20(26)22-24-11-9-23(2)10-12-24/h3-8,14-15H,9-13H2,1-2H3,(H,22,26). The lowest BCUT2D eigenvalue weighted by molar-refractivity contribution is 0.0662. The van der Waals surface area contributed by atoms with Crippen molar-refractivity contribution in [3.05, 3.63) is 53.7 Å². The topological polar surface area (TPSA) is 51.7 Å². The van der Waals surface area contributed by atoms with Gasteiger partial charge in [-0.15, -0.1) is 0 Å². The van der Waals surface area contributed by atoms with E-state index in [1.807, 2.05) is 17.1 Å². The van der Waals surface area contributed by atoms with Crippen LogP contribution in [0.5, 0.6) is 0 Å². The quantitative estimate of drug-likeness (QED) is 0.917. The van der Waals surface area contributed by atoms with E-state index in [4.69, 9.17) is 0 Å². The first kappa shape index (κ1) is 17.0. The average Bonchev–Trinajstić information content (AvgIpc) is 2.99. The second kappa shape index (κ2) is 7.05. The van der Waals surface area contributed by atoms with Gasteiger partial charge in [-0.1, -0.05) is 18.2 Å². The van der Waals surface area contributed by atoms with Gasteiger partial charge in [0.25, 0.3) is 5.91 Å². The third kappa shape index (κ3) is 3.30. The van der Waals surface area contributed by atoms with Crippen LogP contribution in [0.4, 0.5) is 11.5 Å². The molecule has 3 heterocycles. The van der Waals surface area contributed by atoms with Crippen LogP contribution < -0.4 is 10.3 Å². The number of hydrogen-bond donors (Lipinski definition) is 1. The van der Waals surface area contributed by atoms with Crippen LogP contribution in [0.1, 0.15) is 22.8 Å². The predicted molar refractivity (Wildman–Crippen MR) is 103 cm³/mol. The molecule has 6 heteroatoms. The normalized spacial score (nSPS) is 20.8. The van der Waals surface area contributed by atoms with Crippen molar-refractivity contribution in [2.24, 2.45) is 0 Å². The number of amides is 1. The number of nitrogens with zero attached hydrogens (tertiary/aromatic N) is 4. The lowest BCUT2D eigenvalue weighted by atomic mass is 10.1. The Kier molecular flexibility index (Phi) is 4.61. The lowest BCUT2D eigenvalue weighted by Gasteiger charge is -2.32. The fourth-order valence-electron chi connectivity index (χ4n) is 3.73. The van der Waals surface area contributed by atoms with Crippen LogP contribution in [0, 0.1) is 0 Å². The largest absolute Gasteiger partial charge is 0.323 e. The van der Waals surface area contributed by atoms with Gasteiger partial charge in [-0.2, -0.15) is 0 Å². The summed E-state index contributed by atoms with van der Waals surface area (Å²) in [5.41, 5.74) is 6.18. The zero-order chi connectivity index (χ0) is 18.1. The fraction of sp³-hybridized carbons (Fsp3) is 0.400. The highest BCUT2D eigenvalue weighted by Gasteiger charge is 2.28. The van der Waals surface area contributed by atoms with Crippen LogP contribution in [-0.4, -0.2) is 60.1 Å². The average molecular weight is 351 g/mol. The number of pyridine rings is 1. The molecule has 1 atom stereocenters. The number of piperazine rings is 1. The number of likely N-dealkylation sites (N-methyl/N-ethyl adjacent to an activating group) is 1. The molecule has 4 rings (SSSR count). The third-order valence-corrected chi connectivity index (χ3v) is 5.22. The van der Waals surface area contributed by atoms with Gasteiger partial charge in [0.15, 0.2) is 0 Å². The molecule has 2 aromatic rings. The SMILES string of the molecule is CC1Cc2ccccc2N1c1cc(C(=O)NN2CCN(C)CC2)ccn1. The highest BCUT2D eigenvalue weighted by molar-refractivity contribution is 5.94. The number of hydrazine groups is 1. The molecule has 1 unspecified atom stereocenters. The van der Waals surface area contributed by atoms with Gasteiger partial charge < -0.3 is 9.80 Å². The maximum atomic E-state index is 12.7. The minimum absolute atomic E-state index is 0.0710. The van der Waals surface area contributed by atoms with Crippen LogP contribution >= 0.6 is 0 Å². The summed E-state index contributed by atoms with van der Waals surface area (Å²) in [6, 6.07) is 12.4. The van der Waals surface area contributed by atoms with E-state index < -0.39 is 0 Å². The second-order valence-electron chi connectivity index (χ2n) is 7.19. The molecule has 2 aliphatic rings. The van der Waals surface area contributed by atoms with Gasteiger partial charge in [-0.3, -0.25) is 10.2 Å². The second-order valence-corrected chi connectivity index (χ2v) is 7.19. The van der Waals surface area contributed by atoms with Crippen molar-refractivity contribution < 1.29 is 4.79 Å². The summed E-state index contributed by atoms with van der Waals surface area (Å²) in [5.74, 6) is 0.756. The first-order valence-corrected chi connectivity index (χ1v) is 9.19. The van der Waals surface area contributed by atoms with E-state index >= 15 is 0 Å². The Balaban J connectivity index is 1.53. The van der Waals surface area contributed by atoms with Gasteiger partial charge in [0.05, 0.1) is 0 Å². The molecule has 1 fully saturated rings. The Bertz CT molecular complexity index is 800. The van der Waals surface area contributed by atoms with Crippen molar-refractivity contribution in [1.82, 2.24) is 20.3 Å². The van der Waals surface area contributed by atoms with E-state index in [-0.39, 0.29) is 5.91 Å². The van der Waals surface area contributed by atoms with Gasteiger partial charge in [0.2, 0.25) is 0 Å². The summed E-state index contributed by atoms with van der Waals surface area (Å²) >= 11 is 0. The molecule has 0 aliphatic carbocycles. The number of hydrogen-bond acceptors (Lipinski definition) is 5. The Morgan fingerprint density at radius 3 is 2.73 bits per heavy atom. The molecular weight excluding hydrogens is 326 g/mol. The first-order valence-electron chi connectivity index (χ1n) is 9.19. The summed E-state index contributed by atoms with van der Waals surface area (Å²) in [4.78, 5) is 21.7. The zero-order valence-corrected chi connectivity index (χ0v) is 15.4. The number of carbonyl (C=O) groups excluding carboxylic acids is 1. The molecule has 1 amide bonds. The minimum atomic E-state index is -0.0710. The molecule has 6 nitrogen and oxygen atoms in total. The predicted octanol–water partition coefficient (Wildman–Crippen LogP) is 2.06. The zero-order valence-electron chi connectivity index (χ0n) is 15.4. The lowest BCUT2D eigenvalue weighted by Crippen LogP contribution is -2.52. The Labute approximate surface area is 154 Å². The molecular formula is C20H25N5O. The molecule has 0 spiro atoms. The van der Waals surface area contributed by atoms with Crippen LogP contribution in [-0.2, 0) is 6.42 Å². The van der Waals surface area contributed by atoms with E-state index in [1.165, 1.54) is 11.3 Å². The van der Waals surface area contributed by atoms with Crippen LogP contribution in [0.25, 0.3) is 0 Å². The Morgan fingerprint density at radius 1 is 1.15 bits per heavy atom. The van der Waals surface area contributed by atoms with Gasteiger partial charge in [0, 0.05) is 49.7 Å². The maximum Gasteiger partial charge on any atom is 0.265 e. The summed E-state index contributed by atoms with van der Waals surface area (Å²) in [6.45, 7) is 5.81. The fourth-order valence-corrected chi connectivity index (χ4v) is 3.73. The summed E-state index contributed by atoms with van der Waals surface area (Å²) in [5, 5.41) is 2.00. The van der Waals surface area contributed by atoms with E-state index in [9.17, 15) is 4.79 Å². The van der Waals surface area contributed by atoms with E-state index in [0.29, 0.717) is 11.6 Å². The molecule has 136 valence electrons. The van der Waals surface area contributed by atoms with Gasteiger partial charge in [-0.25, -0.2) is 9.99 Å². The van der Waals surface area contributed by atoms with Gasteiger partial charge >= 0.3 is 0 Å². The summed E-state index contributed by atoms with van der Waals surface area (Å²) < 4.78 is 0. The molecule has 0 radical (unpaired) electrons. The van der Waals surface area contributed by atoms with Crippen molar-refractivity contribution in [3.8, 4) is 0 Å². The highest BCUT2D eigenvalue weighted by Crippen LogP contribution is 2.37. The van der Waals surface area contributed by atoms with E-state index in [1.54, 1.807) is 12.3 Å². The number of anilines is 2.